The fourth-order valence-electron chi connectivity index (χ4n) is 2.02. The number of hydrogen-bond acceptors (Lipinski definition) is 2. The molecule has 1 N–H and O–H groups in total. The van der Waals surface area contributed by atoms with Crippen molar-refractivity contribution in [1.29, 1.82) is 0 Å². The van der Waals surface area contributed by atoms with Crippen LogP contribution in [0.15, 0.2) is 24.3 Å². The molecule has 0 saturated heterocycles. The first kappa shape index (κ1) is 16.4. The van der Waals surface area contributed by atoms with Crippen LogP contribution in [0.5, 0.6) is 0 Å². The van der Waals surface area contributed by atoms with Crippen molar-refractivity contribution >= 4 is 11.7 Å². The highest BCUT2D eigenvalue weighted by Crippen LogP contribution is 2.08. The van der Waals surface area contributed by atoms with E-state index in [0.717, 1.165) is 18.4 Å². The molecule has 0 saturated carbocycles. The number of ketones is 1. The van der Waals surface area contributed by atoms with Crippen molar-refractivity contribution in [1.82, 2.24) is 5.32 Å². The molecule has 0 unspecified atom stereocenters. The van der Waals surface area contributed by atoms with E-state index in [1.54, 1.807) is 12.1 Å². The zero-order valence-electron chi connectivity index (χ0n) is 12.9. The maximum atomic E-state index is 11.9. The second kappa shape index (κ2) is 7.83. The summed E-state index contributed by atoms with van der Waals surface area (Å²) in [6, 6.07) is 7.44. The summed E-state index contributed by atoms with van der Waals surface area (Å²) in [5, 5.41) is 3.02. The smallest absolute Gasteiger partial charge is 0.224 e. The molecule has 1 amide bonds. The maximum Gasteiger partial charge on any atom is 0.224 e. The lowest BCUT2D eigenvalue weighted by molar-refractivity contribution is -0.121. The van der Waals surface area contributed by atoms with Crippen molar-refractivity contribution in [3.8, 4) is 0 Å². The molecule has 0 bridgehead atoms. The highest BCUT2D eigenvalue weighted by atomic mass is 16.1. The van der Waals surface area contributed by atoms with Gasteiger partial charge in [-0.2, -0.15) is 0 Å². The van der Waals surface area contributed by atoms with E-state index in [0.29, 0.717) is 17.9 Å². The monoisotopic (exact) mass is 275 g/mol. The van der Waals surface area contributed by atoms with E-state index in [4.69, 9.17) is 0 Å². The van der Waals surface area contributed by atoms with Gasteiger partial charge in [0.05, 0.1) is 6.42 Å². The molecule has 1 rings (SSSR count). The number of Topliss-reactive ketones (excluding diaryl/α,β-unsaturated/α-hetero) is 1. The second-order valence-corrected chi connectivity index (χ2v) is 5.87. The van der Waals surface area contributed by atoms with Gasteiger partial charge in [0.2, 0.25) is 5.91 Å². The Kier molecular flexibility index (Phi) is 6.43. The largest absolute Gasteiger partial charge is 0.353 e. The van der Waals surface area contributed by atoms with Gasteiger partial charge in [-0.3, -0.25) is 9.59 Å². The molecule has 1 aromatic carbocycles. The van der Waals surface area contributed by atoms with Crippen LogP contribution in [0, 0.1) is 5.92 Å². The molecule has 3 nitrogen and oxygen atoms in total. The molecule has 3 heteroatoms. The van der Waals surface area contributed by atoms with Crippen LogP contribution in [0.1, 0.15) is 56.5 Å². The van der Waals surface area contributed by atoms with E-state index in [9.17, 15) is 9.59 Å². The van der Waals surface area contributed by atoms with Crippen LogP contribution in [0.2, 0.25) is 0 Å². The molecular formula is C17H25NO2. The van der Waals surface area contributed by atoms with Gasteiger partial charge in [0.25, 0.3) is 0 Å². The first-order valence-corrected chi connectivity index (χ1v) is 7.27. The molecule has 0 radical (unpaired) electrons. The van der Waals surface area contributed by atoms with Gasteiger partial charge >= 0.3 is 0 Å². The quantitative estimate of drug-likeness (QED) is 0.775. The van der Waals surface area contributed by atoms with Gasteiger partial charge in [0.1, 0.15) is 0 Å². The third-order valence-corrected chi connectivity index (χ3v) is 3.31. The summed E-state index contributed by atoms with van der Waals surface area (Å²) < 4.78 is 0. The van der Waals surface area contributed by atoms with Crippen molar-refractivity contribution in [2.75, 3.05) is 0 Å². The van der Waals surface area contributed by atoms with Gasteiger partial charge in [-0.1, -0.05) is 38.1 Å². The van der Waals surface area contributed by atoms with Crippen LogP contribution in [-0.2, 0) is 11.2 Å². The van der Waals surface area contributed by atoms with Crippen LogP contribution in [0.4, 0.5) is 0 Å². The molecule has 0 fully saturated rings. The first-order chi connectivity index (χ1) is 9.38. The van der Waals surface area contributed by atoms with E-state index in [1.165, 1.54) is 6.92 Å². The lowest BCUT2D eigenvalue weighted by Crippen LogP contribution is -2.33. The number of rotatable bonds is 7. The van der Waals surface area contributed by atoms with E-state index in [1.807, 2.05) is 19.1 Å². The van der Waals surface area contributed by atoms with Crippen LogP contribution >= 0.6 is 0 Å². The number of benzene rings is 1. The van der Waals surface area contributed by atoms with Crippen LogP contribution in [0.25, 0.3) is 0 Å². The lowest BCUT2D eigenvalue weighted by atomic mass is 10.0. The van der Waals surface area contributed by atoms with Crippen LogP contribution in [-0.4, -0.2) is 17.7 Å². The Morgan fingerprint density at radius 3 is 2.15 bits per heavy atom. The van der Waals surface area contributed by atoms with Gasteiger partial charge in [-0.15, -0.1) is 0 Å². The molecule has 0 aliphatic heterocycles. The van der Waals surface area contributed by atoms with E-state index in [-0.39, 0.29) is 17.7 Å². The summed E-state index contributed by atoms with van der Waals surface area (Å²) >= 11 is 0. The van der Waals surface area contributed by atoms with Crippen molar-refractivity contribution in [2.45, 2.75) is 53.0 Å². The maximum absolute atomic E-state index is 11.9. The summed E-state index contributed by atoms with van der Waals surface area (Å²) in [6.07, 6.45) is 2.49. The Bertz CT molecular complexity index is 449. The highest BCUT2D eigenvalue weighted by molar-refractivity contribution is 5.94. The third kappa shape index (κ3) is 6.00. The number of amides is 1. The Labute approximate surface area is 121 Å². The zero-order valence-corrected chi connectivity index (χ0v) is 12.9. The van der Waals surface area contributed by atoms with Crippen LogP contribution < -0.4 is 5.32 Å². The first-order valence-electron chi connectivity index (χ1n) is 7.27. The Balaban J connectivity index is 2.43. The molecule has 0 aromatic heterocycles. The summed E-state index contributed by atoms with van der Waals surface area (Å²) in [5.41, 5.74) is 1.61. The normalized spacial score (nSPS) is 12.2. The molecule has 0 aliphatic rings. The van der Waals surface area contributed by atoms with Crippen molar-refractivity contribution in [2.24, 2.45) is 5.92 Å². The van der Waals surface area contributed by atoms with Gasteiger partial charge in [-0.05, 0) is 38.2 Å². The number of carbonyl (C=O) groups excluding carboxylic acids is 2. The molecule has 1 aromatic rings. The Morgan fingerprint density at radius 2 is 1.65 bits per heavy atom. The van der Waals surface area contributed by atoms with E-state index in [2.05, 4.69) is 19.2 Å². The predicted octanol–water partition coefficient (Wildman–Crippen LogP) is 3.37. The summed E-state index contributed by atoms with van der Waals surface area (Å²) in [6.45, 7) is 7.95. The molecule has 1 atom stereocenters. The van der Waals surface area contributed by atoms with Crippen molar-refractivity contribution in [3.63, 3.8) is 0 Å². The summed E-state index contributed by atoms with van der Waals surface area (Å²) in [7, 11) is 0. The average Bonchev–Trinajstić information content (AvgIpc) is 2.36. The highest BCUT2D eigenvalue weighted by Gasteiger charge is 2.09. The molecular weight excluding hydrogens is 250 g/mol. The van der Waals surface area contributed by atoms with Gasteiger partial charge < -0.3 is 5.32 Å². The molecule has 0 aliphatic carbocycles. The van der Waals surface area contributed by atoms with Crippen molar-refractivity contribution < 1.29 is 9.59 Å². The minimum Gasteiger partial charge on any atom is -0.353 e. The topological polar surface area (TPSA) is 46.2 Å². The molecule has 110 valence electrons. The number of carbonyl (C=O) groups is 2. The molecule has 20 heavy (non-hydrogen) atoms. The van der Waals surface area contributed by atoms with Gasteiger partial charge in [0, 0.05) is 11.6 Å². The number of hydrogen-bond donors (Lipinski definition) is 1. The lowest BCUT2D eigenvalue weighted by Gasteiger charge is -2.15. The standard InChI is InChI=1S/C17H25NO2/c1-12(2)5-6-13(3)18-17(20)11-15-7-9-16(10-8-15)14(4)19/h7-10,12-13H,5-6,11H2,1-4H3,(H,18,20)/t13-/m1/s1. The summed E-state index contributed by atoms with van der Waals surface area (Å²) in [4.78, 5) is 23.1. The Hall–Kier alpha value is -1.64. The van der Waals surface area contributed by atoms with Gasteiger partial charge in [-0.25, -0.2) is 0 Å². The third-order valence-electron chi connectivity index (χ3n) is 3.31. The second-order valence-electron chi connectivity index (χ2n) is 5.87. The fraction of sp³-hybridized carbons (Fsp3) is 0.529. The summed E-state index contributed by atoms with van der Waals surface area (Å²) in [5.74, 6) is 0.744. The fourth-order valence-corrected chi connectivity index (χ4v) is 2.02. The zero-order chi connectivity index (χ0) is 15.1. The van der Waals surface area contributed by atoms with Crippen molar-refractivity contribution in [3.05, 3.63) is 35.4 Å². The van der Waals surface area contributed by atoms with E-state index < -0.39 is 0 Å². The minimum absolute atomic E-state index is 0.0387. The molecule has 0 heterocycles. The minimum atomic E-state index is 0.0387. The van der Waals surface area contributed by atoms with Gasteiger partial charge in [0.15, 0.2) is 5.78 Å². The Morgan fingerprint density at radius 1 is 1.05 bits per heavy atom. The molecule has 0 spiro atoms. The van der Waals surface area contributed by atoms with Crippen LogP contribution in [0.3, 0.4) is 0 Å². The SMILES string of the molecule is CC(=O)c1ccc(CC(=O)N[C@H](C)CCC(C)C)cc1. The van der Waals surface area contributed by atoms with E-state index >= 15 is 0 Å². The number of nitrogens with one attached hydrogen (secondary N) is 1. The average molecular weight is 275 g/mol. The predicted molar refractivity (Wildman–Crippen MR) is 81.8 cm³/mol.